The zero-order chi connectivity index (χ0) is 29.1. The lowest BCUT2D eigenvalue weighted by Gasteiger charge is -2.26. The molecule has 6 aromatic carbocycles. The standard InChI is InChI=1S/C36H28N2O4/c39-33-9-1-5-29(21-33)37(30-6-2-10-34(40)22-30)27-17-13-25(14-18-27)26-15-19-28(20-16-26)38(31-7-3-11-35(41)23-31)32-8-4-12-36(42)24-32/h1-24,39-42H. The summed E-state index contributed by atoms with van der Waals surface area (Å²) in [6.45, 7) is 0. The molecule has 6 nitrogen and oxygen atoms in total. The van der Waals surface area contributed by atoms with Gasteiger partial charge < -0.3 is 30.2 Å². The Morgan fingerprint density at radius 1 is 0.286 bits per heavy atom. The molecule has 0 aliphatic rings. The molecule has 4 N–H and O–H groups in total. The van der Waals surface area contributed by atoms with E-state index in [0.29, 0.717) is 0 Å². The highest BCUT2D eigenvalue weighted by atomic mass is 16.3. The summed E-state index contributed by atoms with van der Waals surface area (Å²) in [6, 6.07) is 44.1. The average Bonchev–Trinajstić information content (AvgIpc) is 2.99. The van der Waals surface area contributed by atoms with E-state index in [-0.39, 0.29) is 23.0 Å². The van der Waals surface area contributed by atoms with Gasteiger partial charge in [-0.2, -0.15) is 0 Å². The third-order valence-electron chi connectivity index (χ3n) is 6.94. The zero-order valence-corrected chi connectivity index (χ0v) is 22.5. The van der Waals surface area contributed by atoms with Crippen LogP contribution in [-0.2, 0) is 0 Å². The zero-order valence-electron chi connectivity index (χ0n) is 22.5. The Hall–Kier alpha value is -5.88. The lowest BCUT2D eigenvalue weighted by molar-refractivity contribution is 0.474. The van der Waals surface area contributed by atoms with Gasteiger partial charge in [0, 0.05) is 58.4 Å². The van der Waals surface area contributed by atoms with Crippen molar-refractivity contribution in [3.63, 3.8) is 0 Å². The monoisotopic (exact) mass is 552 g/mol. The fraction of sp³-hybridized carbons (Fsp3) is 0. The molecular formula is C36H28N2O4. The van der Waals surface area contributed by atoms with Gasteiger partial charge in [-0.1, -0.05) is 48.5 Å². The van der Waals surface area contributed by atoms with E-state index in [9.17, 15) is 20.4 Å². The molecule has 6 heteroatoms. The molecule has 0 fully saturated rings. The first kappa shape index (κ1) is 26.3. The van der Waals surface area contributed by atoms with E-state index in [4.69, 9.17) is 0 Å². The van der Waals surface area contributed by atoms with Crippen molar-refractivity contribution in [2.24, 2.45) is 0 Å². The smallest absolute Gasteiger partial charge is 0.117 e. The van der Waals surface area contributed by atoms with Crippen molar-refractivity contribution in [3.05, 3.63) is 146 Å². The second-order valence-electron chi connectivity index (χ2n) is 9.84. The Morgan fingerprint density at radius 2 is 0.548 bits per heavy atom. The van der Waals surface area contributed by atoms with Crippen LogP contribution in [0, 0.1) is 0 Å². The minimum absolute atomic E-state index is 0.153. The number of anilines is 6. The molecule has 206 valence electrons. The first-order valence-corrected chi connectivity index (χ1v) is 13.4. The van der Waals surface area contributed by atoms with Crippen LogP contribution in [0.2, 0.25) is 0 Å². The van der Waals surface area contributed by atoms with Gasteiger partial charge >= 0.3 is 0 Å². The van der Waals surface area contributed by atoms with Gasteiger partial charge in [0.1, 0.15) is 23.0 Å². The number of phenolic OH excluding ortho intramolecular Hbond substituents is 4. The molecule has 0 unspecified atom stereocenters. The van der Waals surface area contributed by atoms with Gasteiger partial charge in [0.25, 0.3) is 0 Å². The van der Waals surface area contributed by atoms with Crippen LogP contribution in [-0.4, -0.2) is 20.4 Å². The minimum Gasteiger partial charge on any atom is -0.508 e. The second-order valence-corrected chi connectivity index (χ2v) is 9.84. The first-order valence-electron chi connectivity index (χ1n) is 13.4. The molecule has 0 aliphatic carbocycles. The number of hydrogen-bond acceptors (Lipinski definition) is 6. The highest BCUT2D eigenvalue weighted by Gasteiger charge is 2.16. The number of phenols is 4. The maximum Gasteiger partial charge on any atom is 0.117 e. The van der Waals surface area contributed by atoms with Crippen LogP contribution < -0.4 is 9.80 Å². The largest absolute Gasteiger partial charge is 0.508 e. The van der Waals surface area contributed by atoms with Crippen LogP contribution in [0.1, 0.15) is 0 Å². The van der Waals surface area contributed by atoms with Gasteiger partial charge in [0.15, 0.2) is 0 Å². The number of nitrogens with zero attached hydrogens (tertiary/aromatic N) is 2. The van der Waals surface area contributed by atoms with Gasteiger partial charge in [-0.15, -0.1) is 0 Å². The van der Waals surface area contributed by atoms with Crippen molar-refractivity contribution >= 4 is 34.1 Å². The van der Waals surface area contributed by atoms with Crippen LogP contribution >= 0.6 is 0 Å². The molecule has 6 aromatic rings. The van der Waals surface area contributed by atoms with E-state index in [1.165, 1.54) is 0 Å². The van der Waals surface area contributed by atoms with Crippen molar-refractivity contribution in [2.75, 3.05) is 9.80 Å². The van der Waals surface area contributed by atoms with Gasteiger partial charge in [0.05, 0.1) is 0 Å². The molecule has 0 saturated heterocycles. The molecule has 0 amide bonds. The Balaban J connectivity index is 1.33. The van der Waals surface area contributed by atoms with Crippen LogP contribution in [0.25, 0.3) is 11.1 Å². The maximum absolute atomic E-state index is 10.1. The molecule has 0 aromatic heterocycles. The second kappa shape index (κ2) is 11.3. The summed E-state index contributed by atoms with van der Waals surface area (Å²) >= 11 is 0. The Bertz CT molecular complexity index is 1610. The number of hydrogen-bond donors (Lipinski definition) is 4. The SMILES string of the molecule is Oc1cccc(N(c2ccc(-c3ccc(N(c4cccc(O)c4)c4cccc(O)c4)cc3)cc2)c2cccc(O)c2)c1. The summed E-state index contributed by atoms with van der Waals surface area (Å²) in [7, 11) is 0. The molecule has 0 saturated carbocycles. The predicted molar refractivity (Wildman–Crippen MR) is 168 cm³/mol. The van der Waals surface area contributed by atoms with Crippen LogP contribution in [0.3, 0.4) is 0 Å². The highest BCUT2D eigenvalue weighted by molar-refractivity contribution is 5.81. The molecule has 0 aliphatic heterocycles. The summed E-state index contributed by atoms with van der Waals surface area (Å²) in [5.41, 5.74) is 6.80. The van der Waals surface area contributed by atoms with Crippen molar-refractivity contribution in [2.45, 2.75) is 0 Å². The van der Waals surface area contributed by atoms with Gasteiger partial charge in [-0.05, 0) is 83.9 Å². The van der Waals surface area contributed by atoms with E-state index in [2.05, 4.69) is 0 Å². The van der Waals surface area contributed by atoms with Crippen LogP contribution in [0.5, 0.6) is 23.0 Å². The van der Waals surface area contributed by atoms with E-state index >= 15 is 0 Å². The Labute approximate surface area is 243 Å². The van der Waals surface area contributed by atoms with Crippen LogP contribution in [0.4, 0.5) is 34.1 Å². The molecule has 42 heavy (non-hydrogen) atoms. The van der Waals surface area contributed by atoms with Crippen molar-refractivity contribution in [1.29, 1.82) is 0 Å². The maximum atomic E-state index is 10.1. The molecule has 6 rings (SSSR count). The van der Waals surface area contributed by atoms with Crippen LogP contribution in [0.15, 0.2) is 146 Å². The van der Waals surface area contributed by atoms with Crippen molar-refractivity contribution in [3.8, 4) is 34.1 Å². The predicted octanol–water partition coefficient (Wildman–Crippen LogP) is 9.12. The third kappa shape index (κ3) is 5.55. The Morgan fingerprint density at radius 3 is 0.786 bits per heavy atom. The molecular weight excluding hydrogens is 524 g/mol. The number of benzene rings is 6. The van der Waals surface area contributed by atoms with E-state index < -0.39 is 0 Å². The first-order chi connectivity index (χ1) is 20.4. The lowest BCUT2D eigenvalue weighted by Crippen LogP contribution is -2.10. The van der Waals surface area contributed by atoms with Gasteiger partial charge in [-0.3, -0.25) is 0 Å². The topological polar surface area (TPSA) is 87.4 Å². The quantitative estimate of drug-likeness (QED) is 0.158. The van der Waals surface area contributed by atoms with E-state index in [1.54, 1.807) is 72.8 Å². The van der Waals surface area contributed by atoms with E-state index in [1.807, 2.05) is 82.6 Å². The normalized spacial score (nSPS) is 10.8. The average molecular weight is 553 g/mol. The molecule has 0 radical (unpaired) electrons. The fourth-order valence-corrected chi connectivity index (χ4v) is 5.03. The summed E-state index contributed by atoms with van der Waals surface area (Å²) in [6.07, 6.45) is 0. The number of rotatable bonds is 7. The minimum atomic E-state index is 0.153. The Kier molecular flexibility index (Phi) is 7.10. The molecule has 0 heterocycles. The van der Waals surface area contributed by atoms with Gasteiger partial charge in [0.2, 0.25) is 0 Å². The molecule has 0 bridgehead atoms. The van der Waals surface area contributed by atoms with Crippen molar-refractivity contribution < 1.29 is 20.4 Å². The fourth-order valence-electron chi connectivity index (χ4n) is 5.03. The highest BCUT2D eigenvalue weighted by Crippen LogP contribution is 2.40. The molecule has 0 atom stereocenters. The summed E-state index contributed by atoms with van der Waals surface area (Å²) in [5, 5.41) is 40.5. The summed E-state index contributed by atoms with van der Waals surface area (Å²) < 4.78 is 0. The summed E-state index contributed by atoms with van der Waals surface area (Å²) in [4.78, 5) is 3.93. The third-order valence-corrected chi connectivity index (χ3v) is 6.94. The van der Waals surface area contributed by atoms with Gasteiger partial charge in [-0.25, -0.2) is 0 Å². The summed E-state index contributed by atoms with van der Waals surface area (Å²) in [5.74, 6) is 0.611. The van der Waals surface area contributed by atoms with Crippen molar-refractivity contribution in [1.82, 2.24) is 0 Å². The number of aromatic hydroxyl groups is 4. The lowest BCUT2D eigenvalue weighted by atomic mass is 10.0. The molecule has 0 spiro atoms. The van der Waals surface area contributed by atoms with E-state index in [0.717, 1.165) is 45.3 Å².